The number of amides is 1. The van der Waals surface area contributed by atoms with E-state index in [1.165, 1.54) is 5.56 Å². The number of aromatic nitrogens is 3. The average molecular weight is 377 g/mol. The molecule has 0 N–H and O–H groups in total. The number of hydrogen-bond acceptors (Lipinski definition) is 3. The van der Waals surface area contributed by atoms with E-state index in [0.717, 1.165) is 50.2 Å². The highest BCUT2D eigenvalue weighted by Crippen LogP contribution is 2.28. The Morgan fingerprint density at radius 2 is 1.82 bits per heavy atom. The van der Waals surface area contributed by atoms with Crippen LogP contribution in [0.15, 0.2) is 54.7 Å². The minimum absolute atomic E-state index is 0.296. The molecule has 4 rings (SSSR count). The summed E-state index contributed by atoms with van der Waals surface area (Å²) >= 11 is 0. The Morgan fingerprint density at radius 3 is 2.61 bits per heavy atom. The van der Waals surface area contributed by atoms with Crippen molar-refractivity contribution in [2.75, 3.05) is 13.1 Å². The SMILES string of the molecule is CC(CCc1ccccc1)CC(=O)N1CCC(c2nnc3ccccn23)CC1. The van der Waals surface area contributed by atoms with Crippen LogP contribution in [0.1, 0.15) is 49.9 Å². The molecule has 0 radical (unpaired) electrons. The van der Waals surface area contributed by atoms with Gasteiger partial charge in [0.25, 0.3) is 0 Å². The molecule has 1 aliphatic rings. The Hall–Kier alpha value is -2.69. The number of carbonyl (C=O) groups excluding carboxylic acids is 1. The van der Waals surface area contributed by atoms with Gasteiger partial charge in [-0.15, -0.1) is 10.2 Å². The second-order valence-corrected chi connectivity index (χ2v) is 7.98. The van der Waals surface area contributed by atoms with Crippen LogP contribution in [0.4, 0.5) is 0 Å². The third-order valence-electron chi connectivity index (χ3n) is 5.84. The molecule has 146 valence electrons. The molecule has 1 amide bonds. The first-order valence-corrected chi connectivity index (χ1v) is 10.3. The molecule has 1 atom stereocenters. The second kappa shape index (κ2) is 8.55. The van der Waals surface area contributed by atoms with Gasteiger partial charge in [-0.05, 0) is 49.3 Å². The van der Waals surface area contributed by atoms with E-state index < -0.39 is 0 Å². The van der Waals surface area contributed by atoms with Crippen molar-refractivity contribution in [1.82, 2.24) is 19.5 Å². The lowest BCUT2D eigenvalue weighted by Crippen LogP contribution is -2.38. The number of piperidine rings is 1. The smallest absolute Gasteiger partial charge is 0.222 e. The Kier molecular flexibility index (Phi) is 5.70. The van der Waals surface area contributed by atoms with Crippen LogP contribution in [0.25, 0.3) is 5.65 Å². The van der Waals surface area contributed by atoms with Crippen molar-refractivity contribution in [3.63, 3.8) is 0 Å². The number of benzene rings is 1. The number of likely N-dealkylation sites (tertiary alicyclic amines) is 1. The van der Waals surface area contributed by atoms with Gasteiger partial charge in [0, 0.05) is 31.6 Å². The molecule has 1 aromatic carbocycles. The predicted molar refractivity (Wildman–Crippen MR) is 110 cm³/mol. The van der Waals surface area contributed by atoms with E-state index in [0.29, 0.717) is 24.2 Å². The molecule has 1 saturated heterocycles. The highest BCUT2D eigenvalue weighted by Gasteiger charge is 2.27. The number of hydrogen-bond donors (Lipinski definition) is 0. The number of nitrogens with zero attached hydrogens (tertiary/aromatic N) is 4. The standard InChI is InChI=1S/C23H28N4O/c1-18(10-11-19-7-3-2-4-8-19)17-22(28)26-15-12-20(13-16-26)23-25-24-21-9-5-6-14-27(21)23/h2-9,14,18,20H,10-13,15-17H2,1H3. The maximum absolute atomic E-state index is 12.7. The Balaban J connectivity index is 1.27. The van der Waals surface area contributed by atoms with Gasteiger partial charge < -0.3 is 4.90 Å². The number of pyridine rings is 1. The van der Waals surface area contributed by atoms with Crippen molar-refractivity contribution >= 4 is 11.6 Å². The quantitative estimate of drug-likeness (QED) is 0.651. The third kappa shape index (κ3) is 4.24. The lowest BCUT2D eigenvalue weighted by Gasteiger charge is -2.32. The summed E-state index contributed by atoms with van der Waals surface area (Å²) in [5, 5.41) is 8.67. The van der Waals surface area contributed by atoms with Crippen molar-refractivity contribution in [1.29, 1.82) is 0 Å². The van der Waals surface area contributed by atoms with Crippen LogP contribution in [-0.4, -0.2) is 38.5 Å². The van der Waals surface area contributed by atoms with Gasteiger partial charge in [0.15, 0.2) is 5.65 Å². The summed E-state index contributed by atoms with van der Waals surface area (Å²) in [6.45, 7) is 3.82. The fraction of sp³-hybridized carbons (Fsp3) is 0.435. The van der Waals surface area contributed by atoms with Gasteiger partial charge >= 0.3 is 0 Å². The van der Waals surface area contributed by atoms with E-state index >= 15 is 0 Å². The molecular formula is C23H28N4O. The Morgan fingerprint density at radius 1 is 1.07 bits per heavy atom. The van der Waals surface area contributed by atoms with Crippen LogP contribution in [0, 0.1) is 5.92 Å². The lowest BCUT2D eigenvalue weighted by atomic mass is 9.94. The van der Waals surface area contributed by atoms with E-state index in [9.17, 15) is 4.79 Å². The van der Waals surface area contributed by atoms with Crippen molar-refractivity contribution in [3.05, 3.63) is 66.1 Å². The molecule has 5 heteroatoms. The Labute approximate surface area is 166 Å². The predicted octanol–water partition coefficient (Wildman–Crippen LogP) is 4.09. The van der Waals surface area contributed by atoms with Crippen molar-refractivity contribution in [2.24, 2.45) is 5.92 Å². The van der Waals surface area contributed by atoms with Crippen molar-refractivity contribution in [3.8, 4) is 0 Å². The maximum Gasteiger partial charge on any atom is 0.222 e. The summed E-state index contributed by atoms with van der Waals surface area (Å²) in [4.78, 5) is 14.8. The van der Waals surface area contributed by atoms with Gasteiger partial charge in [0.05, 0.1) is 0 Å². The van der Waals surface area contributed by atoms with Crippen LogP contribution >= 0.6 is 0 Å². The summed E-state index contributed by atoms with van der Waals surface area (Å²) in [5.74, 6) is 2.10. The van der Waals surface area contributed by atoms with Gasteiger partial charge in [0.2, 0.25) is 5.91 Å². The normalized spacial score (nSPS) is 16.4. The van der Waals surface area contributed by atoms with Crippen LogP contribution in [0.5, 0.6) is 0 Å². The van der Waals surface area contributed by atoms with Crippen LogP contribution in [-0.2, 0) is 11.2 Å². The minimum atomic E-state index is 0.296. The third-order valence-corrected chi connectivity index (χ3v) is 5.84. The number of rotatable bonds is 6. The summed E-state index contributed by atoms with van der Waals surface area (Å²) in [6.07, 6.45) is 6.68. The van der Waals surface area contributed by atoms with E-state index in [1.54, 1.807) is 0 Å². The molecule has 0 spiro atoms. The largest absolute Gasteiger partial charge is 0.343 e. The zero-order valence-corrected chi connectivity index (χ0v) is 16.5. The van der Waals surface area contributed by atoms with E-state index in [-0.39, 0.29) is 0 Å². The highest BCUT2D eigenvalue weighted by atomic mass is 16.2. The number of carbonyl (C=O) groups is 1. The molecule has 1 aliphatic heterocycles. The molecule has 28 heavy (non-hydrogen) atoms. The van der Waals surface area contributed by atoms with E-state index in [4.69, 9.17) is 0 Å². The van der Waals surface area contributed by atoms with Crippen LogP contribution in [0.2, 0.25) is 0 Å². The molecule has 3 heterocycles. The fourth-order valence-corrected chi connectivity index (χ4v) is 4.11. The summed E-state index contributed by atoms with van der Waals surface area (Å²) < 4.78 is 2.08. The zero-order chi connectivity index (χ0) is 19.3. The van der Waals surface area contributed by atoms with Crippen molar-refractivity contribution < 1.29 is 4.79 Å². The van der Waals surface area contributed by atoms with Gasteiger partial charge in [0.1, 0.15) is 5.82 Å². The van der Waals surface area contributed by atoms with Crippen LogP contribution < -0.4 is 0 Å². The molecule has 0 aliphatic carbocycles. The molecule has 5 nitrogen and oxygen atoms in total. The molecule has 3 aromatic rings. The molecule has 0 saturated carbocycles. The number of aryl methyl sites for hydroxylation is 1. The van der Waals surface area contributed by atoms with E-state index in [1.807, 2.05) is 35.4 Å². The first-order chi connectivity index (χ1) is 13.7. The zero-order valence-electron chi connectivity index (χ0n) is 16.5. The Bertz CT molecular complexity index is 913. The summed E-state index contributed by atoms with van der Waals surface area (Å²) in [6, 6.07) is 16.5. The van der Waals surface area contributed by atoms with Gasteiger partial charge in [-0.25, -0.2) is 0 Å². The first kappa shape index (κ1) is 18.7. The van der Waals surface area contributed by atoms with Crippen LogP contribution in [0.3, 0.4) is 0 Å². The van der Waals surface area contributed by atoms with Crippen molar-refractivity contribution in [2.45, 2.75) is 44.9 Å². The fourth-order valence-electron chi connectivity index (χ4n) is 4.11. The molecule has 2 aromatic heterocycles. The first-order valence-electron chi connectivity index (χ1n) is 10.3. The van der Waals surface area contributed by atoms with Gasteiger partial charge in [-0.3, -0.25) is 9.20 Å². The molecule has 1 unspecified atom stereocenters. The summed E-state index contributed by atoms with van der Waals surface area (Å²) in [5.41, 5.74) is 2.24. The minimum Gasteiger partial charge on any atom is -0.343 e. The molecular weight excluding hydrogens is 348 g/mol. The maximum atomic E-state index is 12.7. The second-order valence-electron chi connectivity index (χ2n) is 7.98. The molecule has 0 bridgehead atoms. The average Bonchev–Trinajstić information content (AvgIpc) is 3.17. The van der Waals surface area contributed by atoms with Gasteiger partial charge in [-0.2, -0.15) is 0 Å². The lowest BCUT2D eigenvalue weighted by molar-refractivity contribution is -0.133. The molecule has 1 fully saturated rings. The number of fused-ring (bicyclic) bond motifs is 1. The summed E-state index contributed by atoms with van der Waals surface area (Å²) in [7, 11) is 0. The monoisotopic (exact) mass is 376 g/mol. The highest BCUT2D eigenvalue weighted by molar-refractivity contribution is 5.76. The topological polar surface area (TPSA) is 50.5 Å². The van der Waals surface area contributed by atoms with E-state index in [2.05, 4.69) is 45.8 Å². The van der Waals surface area contributed by atoms with Gasteiger partial charge in [-0.1, -0.05) is 43.3 Å².